The number of rotatable bonds is 5. The molecule has 0 N–H and O–H groups in total. The number of oxime groups is 1. The number of carbonyl (C=O) groups excluding carboxylic acids is 1. The minimum absolute atomic E-state index is 0.0338. The van der Waals surface area contributed by atoms with Gasteiger partial charge in [0.25, 0.3) is 0 Å². The maximum atomic E-state index is 11.8. The molecule has 0 aromatic rings. The van der Waals surface area contributed by atoms with Crippen LogP contribution < -0.4 is 0 Å². The lowest BCUT2D eigenvalue weighted by Crippen LogP contribution is -2.36. The smallest absolute Gasteiger partial charge is 0.347 e. The van der Waals surface area contributed by atoms with Gasteiger partial charge >= 0.3 is 5.97 Å². The van der Waals surface area contributed by atoms with Crippen LogP contribution in [0.15, 0.2) is 5.16 Å². The van der Waals surface area contributed by atoms with E-state index in [0.717, 1.165) is 18.6 Å². The maximum Gasteiger partial charge on any atom is 0.347 e. The van der Waals surface area contributed by atoms with Crippen LogP contribution in [0.2, 0.25) is 0 Å². The number of nitrogens with zero attached hydrogens (tertiary/aromatic N) is 1. The van der Waals surface area contributed by atoms with E-state index in [1.165, 1.54) is 6.42 Å². The molecule has 19 heavy (non-hydrogen) atoms. The summed E-state index contributed by atoms with van der Waals surface area (Å²) in [5.41, 5.74) is 0.791. The van der Waals surface area contributed by atoms with Gasteiger partial charge in [-0.05, 0) is 44.4 Å². The zero-order chi connectivity index (χ0) is 14.4. The van der Waals surface area contributed by atoms with Crippen LogP contribution in [0.1, 0.15) is 53.9 Å². The zero-order valence-electron chi connectivity index (χ0n) is 12.8. The predicted molar refractivity (Wildman–Crippen MR) is 76.0 cm³/mol. The third-order valence-corrected chi connectivity index (χ3v) is 3.67. The van der Waals surface area contributed by atoms with E-state index in [4.69, 9.17) is 9.57 Å². The van der Waals surface area contributed by atoms with Gasteiger partial charge in [0.15, 0.2) is 0 Å². The summed E-state index contributed by atoms with van der Waals surface area (Å²) in [6.45, 7) is 10.2. The van der Waals surface area contributed by atoms with Crippen LogP contribution in [0.5, 0.6) is 0 Å². The molecule has 0 spiro atoms. The van der Waals surface area contributed by atoms with E-state index in [9.17, 15) is 4.79 Å². The number of hydrogen-bond donors (Lipinski definition) is 0. The Balaban J connectivity index is 2.47. The fourth-order valence-corrected chi connectivity index (χ4v) is 2.67. The highest BCUT2D eigenvalue weighted by Crippen LogP contribution is 2.35. The van der Waals surface area contributed by atoms with E-state index >= 15 is 0 Å². The minimum Gasteiger partial charge on any atom is -0.459 e. The summed E-state index contributed by atoms with van der Waals surface area (Å²) in [5, 5.41) is 3.74. The Morgan fingerprint density at radius 2 is 2.00 bits per heavy atom. The van der Waals surface area contributed by atoms with E-state index in [2.05, 4.69) is 25.9 Å². The van der Waals surface area contributed by atoms with E-state index in [1.807, 2.05) is 13.8 Å². The Labute approximate surface area is 116 Å². The molecule has 4 heteroatoms. The number of esters is 1. The van der Waals surface area contributed by atoms with Crippen molar-refractivity contribution in [2.45, 2.75) is 60.0 Å². The summed E-state index contributed by atoms with van der Waals surface area (Å²) in [7, 11) is 0. The van der Waals surface area contributed by atoms with Gasteiger partial charge in [0, 0.05) is 0 Å². The second kappa shape index (κ2) is 7.51. The van der Waals surface area contributed by atoms with Gasteiger partial charge < -0.3 is 9.57 Å². The summed E-state index contributed by atoms with van der Waals surface area (Å²) in [4.78, 5) is 16.7. The van der Waals surface area contributed by atoms with Crippen molar-refractivity contribution >= 4 is 11.7 Å². The molecule has 0 amide bonds. The molecule has 1 aliphatic rings. The van der Waals surface area contributed by atoms with Crippen LogP contribution in [0, 0.1) is 17.8 Å². The largest absolute Gasteiger partial charge is 0.459 e. The van der Waals surface area contributed by atoms with Crippen LogP contribution in [-0.2, 0) is 14.4 Å². The van der Waals surface area contributed by atoms with Crippen LogP contribution in [0.3, 0.4) is 0 Å². The van der Waals surface area contributed by atoms with Gasteiger partial charge in [-0.1, -0.05) is 32.3 Å². The van der Waals surface area contributed by atoms with Crippen molar-refractivity contribution in [3.8, 4) is 0 Å². The molecule has 0 aliphatic heterocycles. The van der Waals surface area contributed by atoms with Gasteiger partial charge in [-0.2, -0.15) is 0 Å². The molecule has 1 rings (SSSR count). The Hall–Kier alpha value is -1.06. The third-order valence-electron chi connectivity index (χ3n) is 3.67. The third kappa shape index (κ3) is 5.62. The molecule has 0 radical (unpaired) electrons. The van der Waals surface area contributed by atoms with Crippen molar-refractivity contribution in [1.82, 2.24) is 0 Å². The summed E-state index contributed by atoms with van der Waals surface area (Å²) >= 11 is 0. The molecule has 4 nitrogen and oxygen atoms in total. The Morgan fingerprint density at radius 1 is 1.32 bits per heavy atom. The van der Waals surface area contributed by atoms with E-state index in [-0.39, 0.29) is 18.7 Å². The fourth-order valence-electron chi connectivity index (χ4n) is 2.67. The van der Waals surface area contributed by atoms with Crippen molar-refractivity contribution in [3.05, 3.63) is 0 Å². The molecular weight excluding hydrogens is 242 g/mol. The number of ether oxygens (including phenoxy) is 1. The van der Waals surface area contributed by atoms with E-state index in [1.54, 1.807) is 0 Å². The van der Waals surface area contributed by atoms with Crippen LogP contribution in [-0.4, -0.2) is 24.4 Å². The summed E-state index contributed by atoms with van der Waals surface area (Å²) in [6.07, 6.45) is 3.37. The molecule has 3 atom stereocenters. The van der Waals surface area contributed by atoms with Gasteiger partial charge in [0.05, 0.1) is 5.71 Å². The zero-order valence-corrected chi connectivity index (χ0v) is 12.8. The first-order chi connectivity index (χ1) is 8.90. The average molecular weight is 269 g/mol. The van der Waals surface area contributed by atoms with E-state index < -0.39 is 0 Å². The fraction of sp³-hybridized carbons (Fsp3) is 0.867. The van der Waals surface area contributed by atoms with Crippen LogP contribution in [0.25, 0.3) is 0 Å². The van der Waals surface area contributed by atoms with Gasteiger partial charge in [0.1, 0.15) is 6.10 Å². The monoisotopic (exact) mass is 269 g/mol. The van der Waals surface area contributed by atoms with Gasteiger partial charge in [0.2, 0.25) is 6.61 Å². The molecule has 0 bridgehead atoms. The normalized spacial score (nSPS) is 26.9. The van der Waals surface area contributed by atoms with Crippen LogP contribution in [0.4, 0.5) is 0 Å². The standard InChI is InChI=1S/C15H27NO3/c1-10(2)13-7-6-12(5)8-14(13)19-15(17)9-18-16-11(3)4/h10,12-14H,6-9H2,1-5H3. The SMILES string of the molecule is CC(C)=NOCC(=O)OC1CC(C)CCC1C(C)C. The highest BCUT2D eigenvalue weighted by atomic mass is 16.7. The molecule has 1 saturated carbocycles. The molecule has 1 fully saturated rings. The van der Waals surface area contributed by atoms with E-state index in [0.29, 0.717) is 17.8 Å². The highest BCUT2D eigenvalue weighted by molar-refractivity contribution is 5.78. The van der Waals surface area contributed by atoms with Gasteiger partial charge in [-0.25, -0.2) is 4.79 Å². The first-order valence-corrected chi connectivity index (χ1v) is 7.22. The first kappa shape index (κ1) is 16.0. The van der Waals surface area contributed by atoms with Crippen molar-refractivity contribution in [3.63, 3.8) is 0 Å². The second-order valence-corrected chi connectivity index (χ2v) is 6.17. The highest BCUT2D eigenvalue weighted by Gasteiger charge is 2.33. The van der Waals surface area contributed by atoms with Crippen LogP contribution >= 0.6 is 0 Å². The molecule has 110 valence electrons. The molecule has 3 unspecified atom stereocenters. The van der Waals surface area contributed by atoms with Crippen molar-refractivity contribution < 1.29 is 14.4 Å². The summed E-state index contributed by atoms with van der Waals surface area (Å²) in [5.74, 6) is 1.33. The molecule has 0 aromatic carbocycles. The Kier molecular flexibility index (Phi) is 6.32. The van der Waals surface area contributed by atoms with Crippen molar-refractivity contribution in [2.24, 2.45) is 22.9 Å². The van der Waals surface area contributed by atoms with Gasteiger partial charge in [-0.3, -0.25) is 0 Å². The van der Waals surface area contributed by atoms with Crippen molar-refractivity contribution in [1.29, 1.82) is 0 Å². The number of carbonyl (C=O) groups is 1. The lowest BCUT2D eigenvalue weighted by molar-refractivity contribution is -0.161. The molecule has 0 aromatic heterocycles. The topological polar surface area (TPSA) is 47.9 Å². The lowest BCUT2D eigenvalue weighted by Gasteiger charge is -2.36. The first-order valence-electron chi connectivity index (χ1n) is 7.22. The molecular formula is C15H27NO3. The second-order valence-electron chi connectivity index (χ2n) is 6.17. The maximum absolute atomic E-state index is 11.8. The Morgan fingerprint density at radius 3 is 2.58 bits per heavy atom. The quantitative estimate of drug-likeness (QED) is 0.436. The predicted octanol–water partition coefficient (Wildman–Crippen LogP) is 3.40. The number of hydrogen-bond acceptors (Lipinski definition) is 4. The average Bonchev–Trinajstić information content (AvgIpc) is 2.27. The summed E-state index contributed by atoms with van der Waals surface area (Å²) in [6, 6.07) is 0. The lowest BCUT2D eigenvalue weighted by atomic mass is 9.75. The minimum atomic E-state index is -0.310. The summed E-state index contributed by atoms with van der Waals surface area (Å²) < 4.78 is 5.58. The Bertz CT molecular complexity index is 321. The van der Waals surface area contributed by atoms with Gasteiger partial charge in [-0.15, -0.1) is 0 Å². The van der Waals surface area contributed by atoms with Crippen molar-refractivity contribution in [2.75, 3.05) is 6.61 Å². The molecule has 0 saturated heterocycles. The molecule has 0 heterocycles. The molecule has 1 aliphatic carbocycles.